The van der Waals surface area contributed by atoms with Crippen molar-refractivity contribution in [2.75, 3.05) is 0 Å². The molecule has 222 valence electrons. The molecule has 4 rings (SSSR count). The largest absolute Gasteiger partial charge is 0.507 e. The van der Waals surface area contributed by atoms with Crippen LogP contribution in [-0.4, -0.2) is 5.11 Å². The van der Waals surface area contributed by atoms with Gasteiger partial charge in [0.1, 0.15) is 5.75 Å². The number of hydrogen-bond acceptors (Lipinski definition) is 1. The molecule has 0 radical (unpaired) electrons. The van der Waals surface area contributed by atoms with Crippen LogP contribution in [0.3, 0.4) is 0 Å². The summed E-state index contributed by atoms with van der Waals surface area (Å²) in [4.78, 5) is 0. The third kappa shape index (κ3) is 6.67. The molecule has 1 nitrogen and oxygen atoms in total. The fourth-order valence-corrected chi connectivity index (χ4v) is 6.76. The summed E-state index contributed by atoms with van der Waals surface area (Å²) in [5.41, 5.74) is -7.25. The molecule has 14 heteroatoms. The van der Waals surface area contributed by atoms with Gasteiger partial charge in [0.15, 0.2) is 0 Å². The second-order valence-electron chi connectivity index (χ2n) is 8.90. The predicted molar refractivity (Wildman–Crippen MR) is 132 cm³/mol. The second kappa shape index (κ2) is 10.8. The van der Waals surface area contributed by atoms with Gasteiger partial charge in [-0.05, 0) is 71.9 Å². The first kappa shape index (κ1) is 31.2. The molecule has 0 amide bonds. The number of phenolic OH excluding ortho intramolecular Hbond substituents is 1. The van der Waals surface area contributed by atoms with Gasteiger partial charge >= 0.3 is 24.7 Å². The molecule has 4 aromatic carbocycles. The highest BCUT2D eigenvalue weighted by Crippen LogP contribution is 2.45. The van der Waals surface area contributed by atoms with Crippen molar-refractivity contribution in [1.82, 2.24) is 0 Å². The van der Waals surface area contributed by atoms with Crippen molar-refractivity contribution in [3.05, 3.63) is 107 Å². The standard InChI is InChI=1S/C28H15F12OP/c29-25(30,31)15-9-16(26(32,33)34)12-19(11-15)42(20-13-17(27(35,36)37)10-18(14-20)28(38,39)40)24-8-4-2-6-22(24)21-5-1-3-7-23(21)41/h1-14,41H. The maximum atomic E-state index is 13.8. The van der Waals surface area contributed by atoms with Crippen LogP contribution in [0.4, 0.5) is 52.7 Å². The normalized spacial score (nSPS) is 13.1. The summed E-state index contributed by atoms with van der Waals surface area (Å²) >= 11 is 0. The van der Waals surface area contributed by atoms with E-state index in [0.29, 0.717) is 0 Å². The van der Waals surface area contributed by atoms with E-state index >= 15 is 0 Å². The predicted octanol–water partition coefficient (Wildman–Crippen LogP) is 8.89. The first-order valence-corrected chi connectivity index (χ1v) is 12.9. The summed E-state index contributed by atoms with van der Waals surface area (Å²) in [7, 11) is -2.97. The molecule has 0 atom stereocenters. The number of halogens is 12. The average molecular weight is 626 g/mol. The molecule has 0 saturated carbocycles. The summed E-state index contributed by atoms with van der Waals surface area (Å²) in [6, 6.07) is 11.1. The molecule has 1 N–H and O–H groups in total. The lowest BCUT2D eigenvalue weighted by molar-refractivity contribution is -0.144. The van der Waals surface area contributed by atoms with Gasteiger partial charge in [0.05, 0.1) is 22.3 Å². The molecule has 0 aliphatic rings. The zero-order chi connectivity index (χ0) is 31.3. The third-order valence-electron chi connectivity index (χ3n) is 6.00. The van der Waals surface area contributed by atoms with Crippen LogP contribution >= 0.6 is 7.92 Å². The van der Waals surface area contributed by atoms with E-state index in [1.54, 1.807) is 0 Å². The summed E-state index contributed by atoms with van der Waals surface area (Å²) in [5, 5.41) is 8.59. The quantitative estimate of drug-likeness (QED) is 0.177. The fourth-order valence-electron chi connectivity index (χ4n) is 4.16. The Kier molecular flexibility index (Phi) is 8.05. The van der Waals surface area contributed by atoms with Crippen LogP contribution < -0.4 is 15.9 Å². The Morgan fingerprint density at radius 3 is 1.12 bits per heavy atom. The van der Waals surface area contributed by atoms with Crippen molar-refractivity contribution in [3.63, 3.8) is 0 Å². The number of para-hydroxylation sites is 1. The van der Waals surface area contributed by atoms with Crippen molar-refractivity contribution >= 4 is 23.8 Å². The number of aromatic hydroxyl groups is 1. The average Bonchev–Trinajstić information content (AvgIpc) is 2.87. The fraction of sp³-hybridized carbons (Fsp3) is 0.143. The van der Waals surface area contributed by atoms with E-state index in [0.717, 1.165) is 6.07 Å². The molecule has 0 fully saturated rings. The van der Waals surface area contributed by atoms with Crippen molar-refractivity contribution in [2.24, 2.45) is 0 Å². The van der Waals surface area contributed by atoms with Gasteiger partial charge in [-0.3, -0.25) is 0 Å². The van der Waals surface area contributed by atoms with E-state index < -0.39 is 71.2 Å². The van der Waals surface area contributed by atoms with Crippen LogP contribution in [0.5, 0.6) is 5.75 Å². The Labute approximate surface area is 230 Å². The molecular weight excluding hydrogens is 611 g/mol. The molecule has 0 bridgehead atoms. The van der Waals surface area contributed by atoms with E-state index in [2.05, 4.69) is 0 Å². The van der Waals surface area contributed by atoms with Crippen LogP contribution in [0, 0.1) is 0 Å². The highest BCUT2D eigenvalue weighted by Gasteiger charge is 2.40. The van der Waals surface area contributed by atoms with Crippen LogP contribution in [0.15, 0.2) is 84.9 Å². The summed E-state index contributed by atoms with van der Waals surface area (Å²) < 4.78 is 165. The summed E-state index contributed by atoms with van der Waals surface area (Å²) in [5.74, 6) is -0.403. The highest BCUT2D eigenvalue weighted by molar-refractivity contribution is 7.80. The smallest absolute Gasteiger partial charge is 0.416 e. The van der Waals surface area contributed by atoms with Crippen molar-refractivity contribution < 1.29 is 57.8 Å². The highest BCUT2D eigenvalue weighted by atomic mass is 31.1. The lowest BCUT2D eigenvalue weighted by Gasteiger charge is -2.26. The molecule has 0 saturated heterocycles. The van der Waals surface area contributed by atoms with Crippen LogP contribution in [-0.2, 0) is 24.7 Å². The van der Waals surface area contributed by atoms with Gasteiger partial charge in [-0.2, -0.15) is 52.7 Å². The second-order valence-corrected chi connectivity index (χ2v) is 11.1. The molecule has 0 heterocycles. The molecule has 42 heavy (non-hydrogen) atoms. The number of rotatable bonds is 4. The van der Waals surface area contributed by atoms with Crippen molar-refractivity contribution in [1.29, 1.82) is 0 Å². The first-order valence-electron chi connectivity index (χ1n) is 11.5. The summed E-state index contributed by atoms with van der Waals surface area (Å²) in [6.45, 7) is 0. The Hall–Kier alpha value is -3.73. The Bertz CT molecular complexity index is 1460. The van der Waals surface area contributed by atoms with Gasteiger partial charge in [0.2, 0.25) is 0 Å². The zero-order valence-electron chi connectivity index (χ0n) is 20.5. The van der Waals surface area contributed by atoms with E-state index in [9.17, 15) is 57.8 Å². The van der Waals surface area contributed by atoms with Crippen molar-refractivity contribution in [2.45, 2.75) is 24.7 Å². The molecule has 0 aliphatic heterocycles. The van der Waals surface area contributed by atoms with Crippen molar-refractivity contribution in [3.8, 4) is 16.9 Å². The third-order valence-corrected chi connectivity index (χ3v) is 8.42. The maximum Gasteiger partial charge on any atom is 0.416 e. The van der Waals surface area contributed by atoms with E-state index in [4.69, 9.17) is 0 Å². The van der Waals surface area contributed by atoms with Gasteiger partial charge in [0, 0.05) is 5.56 Å². The van der Waals surface area contributed by atoms with Crippen LogP contribution in [0.25, 0.3) is 11.1 Å². The summed E-state index contributed by atoms with van der Waals surface area (Å²) in [6.07, 6.45) is -21.4. The number of alkyl halides is 12. The van der Waals surface area contributed by atoms with Gasteiger partial charge in [0.25, 0.3) is 0 Å². The van der Waals surface area contributed by atoms with E-state index in [-0.39, 0.29) is 52.8 Å². The first-order chi connectivity index (χ1) is 19.3. The topological polar surface area (TPSA) is 20.2 Å². The molecular formula is C28H15F12OP. The molecule has 0 aliphatic carbocycles. The monoisotopic (exact) mass is 626 g/mol. The Morgan fingerprint density at radius 1 is 0.429 bits per heavy atom. The van der Waals surface area contributed by atoms with Gasteiger partial charge in [-0.15, -0.1) is 0 Å². The van der Waals surface area contributed by atoms with Gasteiger partial charge in [-0.1, -0.05) is 42.5 Å². The number of benzene rings is 4. The molecule has 0 aromatic heterocycles. The number of hydrogen-bond donors (Lipinski definition) is 1. The molecule has 4 aromatic rings. The zero-order valence-corrected chi connectivity index (χ0v) is 21.4. The Balaban J connectivity index is 2.17. The number of phenols is 1. The SMILES string of the molecule is Oc1ccccc1-c1ccccc1P(c1cc(C(F)(F)F)cc(C(F)(F)F)c1)c1cc(C(F)(F)F)cc(C(F)(F)F)c1. The van der Waals surface area contributed by atoms with Crippen LogP contribution in [0.1, 0.15) is 22.3 Å². The van der Waals surface area contributed by atoms with Gasteiger partial charge in [-0.25, -0.2) is 0 Å². The van der Waals surface area contributed by atoms with Crippen LogP contribution in [0.2, 0.25) is 0 Å². The minimum atomic E-state index is -5.35. The van der Waals surface area contributed by atoms with E-state index in [1.165, 1.54) is 42.5 Å². The molecule has 0 spiro atoms. The minimum Gasteiger partial charge on any atom is -0.507 e. The van der Waals surface area contributed by atoms with Gasteiger partial charge < -0.3 is 5.11 Å². The van der Waals surface area contributed by atoms with E-state index in [1.807, 2.05) is 0 Å². The lowest BCUT2D eigenvalue weighted by atomic mass is 10.0. The lowest BCUT2D eigenvalue weighted by Crippen LogP contribution is -2.27. The molecule has 0 unspecified atom stereocenters. The maximum absolute atomic E-state index is 13.8. The Morgan fingerprint density at radius 2 is 0.762 bits per heavy atom. The minimum absolute atomic E-state index is 0.00774.